The first-order valence-electron chi connectivity index (χ1n) is 9.43. The zero-order chi connectivity index (χ0) is 20.8. The minimum absolute atomic E-state index is 0.208. The van der Waals surface area contributed by atoms with Crippen LogP contribution in [0, 0.1) is 6.92 Å². The van der Waals surface area contributed by atoms with Gasteiger partial charge in [0.15, 0.2) is 0 Å². The van der Waals surface area contributed by atoms with Gasteiger partial charge in [0.2, 0.25) is 0 Å². The molecule has 0 aliphatic heterocycles. The largest absolute Gasteiger partial charge is 0.284 e. The van der Waals surface area contributed by atoms with Crippen LogP contribution in [0.1, 0.15) is 5.69 Å². The Bertz CT molecular complexity index is 1540. The third kappa shape index (κ3) is 2.83. The number of benzene rings is 2. The fraction of sp³-hybridized carbons (Fsp3) is 0.0417. The average molecular weight is 414 g/mol. The molecule has 0 saturated heterocycles. The topological polar surface area (TPSA) is 56.9 Å². The molecule has 5 rings (SSSR count). The Balaban J connectivity index is 1.85. The van der Waals surface area contributed by atoms with E-state index < -0.39 is 0 Å². The Morgan fingerprint density at radius 3 is 2.03 bits per heavy atom. The number of halogens is 1. The molecule has 3 aromatic heterocycles. The molecule has 3 heterocycles. The van der Waals surface area contributed by atoms with E-state index in [-0.39, 0.29) is 11.1 Å². The van der Waals surface area contributed by atoms with Gasteiger partial charge in [-0.05, 0) is 55.5 Å². The number of fused-ring (bicyclic) bond motifs is 3. The number of rotatable bonds is 2. The van der Waals surface area contributed by atoms with Crippen molar-refractivity contribution in [1.82, 2.24) is 14.1 Å². The maximum absolute atomic E-state index is 13.4. The van der Waals surface area contributed by atoms with Gasteiger partial charge in [-0.2, -0.15) is 0 Å². The predicted molar refractivity (Wildman–Crippen MR) is 120 cm³/mol. The Morgan fingerprint density at radius 2 is 1.33 bits per heavy atom. The summed E-state index contributed by atoms with van der Waals surface area (Å²) in [6, 6.07) is 20.0. The molecule has 5 aromatic rings. The van der Waals surface area contributed by atoms with Crippen LogP contribution in [0.4, 0.5) is 0 Å². The molecule has 0 spiro atoms. The standard InChI is InChI=1S/C24H16ClN3O2/c1-15-21-19(11-13-27(23(21)29)18-9-7-16(25)8-10-18)22-20(26-15)12-14-28(24(22)30)17-5-3-2-4-6-17/h2-14H,1H3. The number of para-hydroxylation sites is 1. The molecule has 0 saturated carbocycles. The van der Waals surface area contributed by atoms with Gasteiger partial charge in [-0.25, -0.2) is 0 Å². The van der Waals surface area contributed by atoms with Gasteiger partial charge in [0.05, 0.1) is 22.0 Å². The van der Waals surface area contributed by atoms with Gasteiger partial charge in [-0.15, -0.1) is 0 Å². The van der Waals surface area contributed by atoms with Crippen molar-refractivity contribution >= 4 is 33.3 Å². The van der Waals surface area contributed by atoms with Crippen LogP contribution >= 0.6 is 11.6 Å². The number of nitrogens with zero attached hydrogens (tertiary/aromatic N) is 3. The monoisotopic (exact) mass is 413 g/mol. The molecule has 0 amide bonds. The third-order valence-corrected chi connectivity index (χ3v) is 5.47. The minimum atomic E-state index is -0.226. The van der Waals surface area contributed by atoms with Gasteiger partial charge in [0, 0.05) is 34.2 Å². The van der Waals surface area contributed by atoms with Gasteiger partial charge in [-0.3, -0.25) is 23.7 Å². The zero-order valence-electron chi connectivity index (χ0n) is 16.0. The highest BCUT2D eigenvalue weighted by molar-refractivity contribution is 6.30. The number of pyridine rings is 3. The van der Waals surface area contributed by atoms with Crippen molar-refractivity contribution in [1.29, 1.82) is 0 Å². The van der Waals surface area contributed by atoms with E-state index in [1.807, 2.05) is 30.3 Å². The summed E-state index contributed by atoms with van der Waals surface area (Å²) in [6.07, 6.45) is 3.40. The van der Waals surface area contributed by atoms with Crippen LogP contribution in [0.25, 0.3) is 33.1 Å². The van der Waals surface area contributed by atoms with E-state index in [2.05, 4.69) is 4.98 Å². The minimum Gasteiger partial charge on any atom is -0.284 e. The van der Waals surface area contributed by atoms with Crippen molar-refractivity contribution < 1.29 is 0 Å². The highest BCUT2D eigenvalue weighted by atomic mass is 35.5. The first kappa shape index (κ1) is 18.3. The lowest BCUT2D eigenvalue weighted by Gasteiger charge is -2.12. The molecule has 0 unspecified atom stereocenters. The van der Waals surface area contributed by atoms with Crippen molar-refractivity contribution in [2.45, 2.75) is 6.92 Å². The van der Waals surface area contributed by atoms with E-state index >= 15 is 0 Å². The van der Waals surface area contributed by atoms with Crippen LogP contribution in [-0.2, 0) is 0 Å². The molecular formula is C24H16ClN3O2. The smallest absolute Gasteiger partial charge is 0.265 e. The van der Waals surface area contributed by atoms with E-state index in [4.69, 9.17) is 11.6 Å². The third-order valence-electron chi connectivity index (χ3n) is 5.22. The highest BCUT2D eigenvalue weighted by Gasteiger charge is 2.15. The molecule has 5 nitrogen and oxygen atoms in total. The van der Waals surface area contributed by atoms with Gasteiger partial charge < -0.3 is 0 Å². The number of aryl methyl sites for hydroxylation is 1. The van der Waals surface area contributed by atoms with Crippen LogP contribution in [0.3, 0.4) is 0 Å². The lowest BCUT2D eigenvalue weighted by atomic mass is 10.1. The summed E-state index contributed by atoms with van der Waals surface area (Å²) in [5.41, 5.74) is 2.17. The Kier molecular flexibility index (Phi) is 4.26. The van der Waals surface area contributed by atoms with Crippen LogP contribution in [-0.4, -0.2) is 14.1 Å². The summed E-state index contributed by atoms with van der Waals surface area (Å²) in [7, 11) is 0. The first-order valence-corrected chi connectivity index (χ1v) is 9.81. The fourth-order valence-electron chi connectivity index (χ4n) is 3.80. The molecule has 0 radical (unpaired) electrons. The molecule has 0 bridgehead atoms. The maximum atomic E-state index is 13.4. The summed E-state index contributed by atoms with van der Waals surface area (Å²) in [5.74, 6) is 0. The summed E-state index contributed by atoms with van der Waals surface area (Å²) >= 11 is 5.97. The summed E-state index contributed by atoms with van der Waals surface area (Å²) in [5, 5.41) is 2.06. The normalized spacial score (nSPS) is 11.3. The van der Waals surface area contributed by atoms with Crippen LogP contribution < -0.4 is 11.1 Å². The number of aromatic nitrogens is 3. The van der Waals surface area contributed by atoms with E-state index in [1.165, 1.54) is 4.57 Å². The van der Waals surface area contributed by atoms with Gasteiger partial charge >= 0.3 is 0 Å². The van der Waals surface area contributed by atoms with E-state index in [0.29, 0.717) is 38.1 Å². The van der Waals surface area contributed by atoms with Crippen LogP contribution in [0.15, 0.2) is 88.7 Å². The maximum Gasteiger partial charge on any atom is 0.265 e. The Labute approximate surface area is 176 Å². The Hall–Kier alpha value is -3.70. The van der Waals surface area contributed by atoms with E-state index in [9.17, 15) is 9.59 Å². The molecule has 30 heavy (non-hydrogen) atoms. The summed E-state index contributed by atoms with van der Waals surface area (Å²) in [4.78, 5) is 31.2. The average Bonchev–Trinajstić information content (AvgIpc) is 2.75. The number of hydrogen-bond donors (Lipinski definition) is 0. The van der Waals surface area contributed by atoms with E-state index in [1.54, 1.807) is 60.3 Å². The molecule has 0 aliphatic rings. The summed E-state index contributed by atoms with van der Waals surface area (Å²) in [6.45, 7) is 1.79. The molecule has 6 heteroatoms. The first-order chi connectivity index (χ1) is 14.5. The van der Waals surface area contributed by atoms with Gasteiger partial charge in [-0.1, -0.05) is 29.8 Å². The van der Waals surface area contributed by atoms with Gasteiger partial charge in [0.25, 0.3) is 11.1 Å². The lowest BCUT2D eigenvalue weighted by Crippen LogP contribution is -2.22. The Morgan fingerprint density at radius 1 is 0.733 bits per heavy atom. The number of hydrogen-bond acceptors (Lipinski definition) is 3. The SMILES string of the molecule is Cc1nc2ccn(-c3ccccc3)c(=O)c2c2ccn(-c3ccc(Cl)cc3)c(=O)c12. The molecule has 0 aliphatic carbocycles. The van der Waals surface area contributed by atoms with Crippen molar-refractivity contribution in [2.75, 3.05) is 0 Å². The van der Waals surface area contributed by atoms with Crippen molar-refractivity contribution in [2.24, 2.45) is 0 Å². The molecule has 0 atom stereocenters. The highest BCUT2D eigenvalue weighted by Crippen LogP contribution is 2.23. The second-order valence-electron chi connectivity index (χ2n) is 7.04. The predicted octanol–water partition coefficient (Wildman–Crippen LogP) is 4.65. The lowest BCUT2D eigenvalue weighted by molar-refractivity contribution is 0.996. The fourth-order valence-corrected chi connectivity index (χ4v) is 3.93. The second-order valence-corrected chi connectivity index (χ2v) is 7.48. The molecule has 146 valence electrons. The zero-order valence-corrected chi connectivity index (χ0v) is 16.8. The molecular weight excluding hydrogens is 398 g/mol. The van der Waals surface area contributed by atoms with E-state index in [0.717, 1.165) is 5.69 Å². The molecule has 0 N–H and O–H groups in total. The van der Waals surface area contributed by atoms with Crippen LogP contribution in [0.5, 0.6) is 0 Å². The van der Waals surface area contributed by atoms with Crippen molar-refractivity contribution in [3.05, 3.63) is 111 Å². The van der Waals surface area contributed by atoms with Crippen LogP contribution in [0.2, 0.25) is 5.02 Å². The van der Waals surface area contributed by atoms with Crippen molar-refractivity contribution in [3.63, 3.8) is 0 Å². The second kappa shape index (κ2) is 6.97. The van der Waals surface area contributed by atoms with Gasteiger partial charge in [0.1, 0.15) is 0 Å². The summed E-state index contributed by atoms with van der Waals surface area (Å²) < 4.78 is 3.11. The van der Waals surface area contributed by atoms with Crippen molar-refractivity contribution in [3.8, 4) is 11.4 Å². The molecule has 0 fully saturated rings. The quantitative estimate of drug-likeness (QED) is 0.396. The molecule has 2 aromatic carbocycles.